The number of hydrogen-bond acceptors (Lipinski definition) is 2. The van der Waals surface area contributed by atoms with E-state index < -0.39 is 17.5 Å². The fraction of sp³-hybridized carbons (Fsp3) is 0.455. The molecule has 0 aliphatic carbocycles. The quantitative estimate of drug-likeness (QED) is 0.778. The number of nitrogens with one attached hydrogen (secondary N) is 1. The molecule has 2 nitrogen and oxygen atoms in total. The molecule has 1 heterocycles. The van der Waals surface area contributed by atoms with Crippen molar-refractivity contribution in [3.05, 3.63) is 29.3 Å². The SMILES string of the molecule is Oc1ccc(C2CCNC2)cc1C(F)(F)F. The van der Waals surface area contributed by atoms with Gasteiger partial charge in [0, 0.05) is 6.54 Å². The van der Waals surface area contributed by atoms with E-state index in [0.29, 0.717) is 12.1 Å². The molecule has 1 unspecified atom stereocenters. The normalized spacial score (nSPS) is 21.3. The van der Waals surface area contributed by atoms with Crippen molar-refractivity contribution >= 4 is 0 Å². The predicted molar refractivity (Wildman–Crippen MR) is 53.3 cm³/mol. The smallest absolute Gasteiger partial charge is 0.419 e. The lowest BCUT2D eigenvalue weighted by atomic mass is 9.96. The van der Waals surface area contributed by atoms with Crippen LogP contribution in [0.4, 0.5) is 13.2 Å². The van der Waals surface area contributed by atoms with Crippen LogP contribution in [-0.4, -0.2) is 18.2 Å². The fourth-order valence-corrected chi connectivity index (χ4v) is 1.97. The Morgan fingerprint density at radius 2 is 2.06 bits per heavy atom. The highest BCUT2D eigenvalue weighted by molar-refractivity contribution is 5.39. The van der Waals surface area contributed by atoms with E-state index in [0.717, 1.165) is 25.1 Å². The lowest BCUT2D eigenvalue weighted by Crippen LogP contribution is -2.10. The molecular weight excluding hydrogens is 219 g/mol. The zero-order chi connectivity index (χ0) is 11.8. The van der Waals surface area contributed by atoms with Crippen LogP contribution < -0.4 is 5.32 Å². The van der Waals surface area contributed by atoms with E-state index in [1.54, 1.807) is 6.07 Å². The Kier molecular flexibility index (Phi) is 2.80. The largest absolute Gasteiger partial charge is 0.507 e. The van der Waals surface area contributed by atoms with Crippen LogP contribution in [0.25, 0.3) is 0 Å². The van der Waals surface area contributed by atoms with Gasteiger partial charge in [-0.3, -0.25) is 0 Å². The zero-order valence-electron chi connectivity index (χ0n) is 8.51. The van der Waals surface area contributed by atoms with Gasteiger partial charge in [0.05, 0.1) is 5.56 Å². The van der Waals surface area contributed by atoms with Crippen LogP contribution in [0.3, 0.4) is 0 Å². The summed E-state index contributed by atoms with van der Waals surface area (Å²) in [5.74, 6) is -0.594. The Bertz CT molecular complexity index is 383. The topological polar surface area (TPSA) is 32.3 Å². The highest BCUT2D eigenvalue weighted by atomic mass is 19.4. The maximum atomic E-state index is 12.5. The minimum Gasteiger partial charge on any atom is -0.507 e. The van der Waals surface area contributed by atoms with Crippen molar-refractivity contribution in [2.75, 3.05) is 13.1 Å². The van der Waals surface area contributed by atoms with Gasteiger partial charge in [0.2, 0.25) is 0 Å². The molecule has 1 aromatic carbocycles. The van der Waals surface area contributed by atoms with Gasteiger partial charge in [0.1, 0.15) is 5.75 Å². The van der Waals surface area contributed by atoms with Gasteiger partial charge in [-0.25, -0.2) is 0 Å². The molecule has 1 aromatic rings. The van der Waals surface area contributed by atoms with Gasteiger partial charge in [-0.15, -0.1) is 0 Å². The first-order valence-corrected chi connectivity index (χ1v) is 5.09. The van der Waals surface area contributed by atoms with Gasteiger partial charge in [-0.05, 0) is 36.6 Å². The fourth-order valence-electron chi connectivity index (χ4n) is 1.97. The molecule has 16 heavy (non-hydrogen) atoms. The summed E-state index contributed by atoms with van der Waals surface area (Å²) < 4.78 is 37.6. The Labute approximate surface area is 91.1 Å². The predicted octanol–water partition coefficient (Wildman–Crippen LogP) is 2.49. The van der Waals surface area contributed by atoms with E-state index >= 15 is 0 Å². The van der Waals surface area contributed by atoms with Crippen molar-refractivity contribution in [1.82, 2.24) is 5.32 Å². The van der Waals surface area contributed by atoms with Crippen molar-refractivity contribution in [3.63, 3.8) is 0 Å². The number of rotatable bonds is 1. The standard InChI is InChI=1S/C11H12F3NO/c12-11(13,14)9-5-7(1-2-10(9)16)8-3-4-15-6-8/h1-2,5,8,15-16H,3-4,6H2. The van der Waals surface area contributed by atoms with Crippen LogP contribution in [0.15, 0.2) is 18.2 Å². The Balaban J connectivity index is 2.35. The summed E-state index contributed by atoms with van der Waals surface area (Å²) in [4.78, 5) is 0. The maximum absolute atomic E-state index is 12.5. The van der Waals surface area contributed by atoms with Crippen molar-refractivity contribution in [1.29, 1.82) is 0 Å². The van der Waals surface area contributed by atoms with Crippen LogP contribution in [-0.2, 0) is 6.18 Å². The first-order valence-electron chi connectivity index (χ1n) is 5.09. The van der Waals surface area contributed by atoms with Crippen molar-refractivity contribution in [3.8, 4) is 5.75 Å². The lowest BCUT2D eigenvalue weighted by molar-refractivity contribution is -0.138. The average Bonchev–Trinajstić information content (AvgIpc) is 2.69. The number of phenols is 1. The molecule has 2 rings (SSSR count). The maximum Gasteiger partial charge on any atom is 0.419 e. The van der Waals surface area contributed by atoms with E-state index in [-0.39, 0.29) is 5.92 Å². The van der Waals surface area contributed by atoms with Gasteiger partial charge in [0.25, 0.3) is 0 Å². The summed E-state index contributed by atoms with van der Waals surface area (Å²) in [6.07, 6.45) is -3.66. The molecule has 0 radical (unpaired) electrons. The van der Waals surface area contributed by atoms with Gasteiger partial charge >= 0.3 is 6.18 Å². The molecule has 2 N–H and O–H groups in total. The highest BCUT2D eigenvalue weighted by Crippen LogP contribution is 2.37. The van der Waals surface area contributed by atoms with E-state index in [4.69, 9.17) is 0 Å². The average molecular weight is 231 g/mol. The first kappa shape index (κ1) is 11.3. The Hall–Kier alpha value is -1.23. The number of aromatic hydroxyl groups is 1. The summed E-state index contributed by atoms with van der Waals surface area (Å²) in [5, 5.41) is 12.3. The summed E-state index contributed by atoms with van der Waals surface area (Å²) in [7, 11) is 0. The molecular formula is C11H12F3NO. The molecule has 0 amide bonds. The second-order valence-electron chi connectivity index (χ2n) is 3.96. The number of halogens is 3. The third-order valence-corrected chi connectivity index (χ3v) is 2.86. The molecule has 0 saturated carbocycles. The lowest BCUT2D eigenvalue weighted by Gasteiger charge is -2.14. The highest BCUT2D eigenvalue weighted by Gasteiger charge is 2.34. The number of hydrogen-bond donors (Lipinski definition) is 2. The molecule has 1 fully saturated rings. The number of benzene rings is 1. The van der Waals surface area contributed by atoms with Gasteiger partial charge in [-0.2, -0.15) is 13.2 Å². The minimum atomic E-state index is -4.49. The van der Waals surface area contributed by atoms with E-state index in [9.17, 15) is 18.3 Å². The Morgan fingerprint density at radius 3 is 2.62 bits per heavy atom. The third kappa shape index (κ3) is 2.14. The molecule has 1 atom stereocenters. The molecule has 0 spiro atoms. The van der Waals surface area contributed by atoms with Gasteiger partial charge < -0.3 is 10.4 Å². The van der Waals surface area contributed by atoms with E-state index in [1.165, 1.54) is 0 Å². The Morgan fingerprint density at radius 1 is 1.31 bits per heavy atom. The van der Waals surface area contributed by atoms with Crippen molar-refractivity contribution < 1.29 is 18.3 Å². The number of phenolic OH excluding ortho intramolecular Hbond substituents is 1. The summed E-state index contributed by atoms with van der Waals surface area (Å²) >= 11 is 0. The van der Waals surface area contributed by atoms with Gasteiger partial charge in [-0.1, -0.05) is 6.07 Å². The zero-order valence-corrected chi connectivity index (χ0v) is 8.51. The molecule has 0 aromatic heterocycles. The van der Waals surface area contributed by atoms with Crippen molar-refractivity contribution in [2.24, 2.45) is 0 Å². The number of alkyl halides is 3. The summed E-state index contributed by atoms with van der Waals surface area (Å²) in [6, 6.07) is 3.73. The molecule has 1 aliphatic rings. The molecule has 0 bridgehead atoms. The van der Waals surface area contributed by atoms with Crippen LogP contribution in [0.1, 0.15) is 23.5 Å². The summed E-state index contributed by atoms with van der Waals surface area (Å²) in [6.45, 7) is 1.52. The minimum absolute atomic E-state index is 0.113. The molecule has 5 heteroatoms. The van der Waals surface area contributed by atoms with Crippen LogP contribution in [0, 0.1) is 0 Å². The van der Waals surface area contributed by atoms with Gasteiger partial charge in [0.15, 0.2) is 0 Å². The van der Waals surface area contributed by atoms with Crippen LogP contribution in [0.2, 0.25) is 0 Å². The first-order chi connectivity index (χ1) is 7.48. The monoisotopic (exact) mass is 231 g/mol. The summed E-state index contributed by atoms with van der Waals surface area (Å²) in [5.41, 5.74) is -0.313. The molecule has 1 saturated heterocycles. The van der Waals surface area contributed by atoms with E-state index in [1.807, 2.05) is 0 Å². The second-order valence-corrected chi connectivity index (χ2v) is 3.96. The van der Waals surface area contributed by atoms with E-state index in [2.05, 4.69) is 5.32 Å². The van der Waals surface area contributed by atoms with Crippen LogP contribution >= 0.6 is 0 Å². The third-order valence-electron chi connectivity index (χ3n) is 2.86. The second kappa shape index (κ2) is 3.97. The molecule has 88 valence electrons. The van der Waals surface area contributed by atoms with Crippen LogP contribution in [0.5, 0.6) is 5.75 Å². The molecule has 1 aliphatic heterocycles. The van der Waals surface area contributed by atoms with Crippen molar-refractivity contribution in [2.45, 2.75) is 18.5 Å².